The first-order chi connectivity index (χ1) is 11.7. The van der Waals surface area contributed by atoms with E-state index in [1.807, 2.05) is 0 Å². The van der Waals surface area contributed by atoms with Crippen molar-refractivity contribution >= 4 is 5.78 Å². The number of ketones is 1. The van der Waals surface area contributed by atoms with E-state index in [2.05, 4.69) is 0 Å². The lowest BCUT2D eigenvalue weighted by molar-refractivity contribution is -0.379. The molecule has 5 rings (SSSR count). The average molecular weight is 360 g/mol. The molecule has 9 unspecified atom stereocenters. The number of ether oxygens (including phenoxy) is 3. The van der Waals surface area contributed by atoms with Gasteiger partial charge in [-0.2, -0.15) is 0 Å². The third-order valence-corrected chi connectivity index (χ3v) is 6.81. The Balaban J connectivity index is 1.65. The maximum absolute atomic E-state index is 12.3. The molecule has 0 radical (unpaired) electrons. The van der Waals surface area contributed by atoms with Crippen LogP contribution in [0.15, 0.2) is 0 Å². The highest BCUT2D eigenvalue weighted by molar-refractivity contribution is 5.88. The molecule has 3 aliphatic carbocycles. The third kappa shape index (κ3) is 1.93. The summed E-state index contributed by atoms with van der Waals surface area (Å²) < 4.78 is 17.4. The molecule has 0 aromatic heterocycles. The van der Waals surface area contributed by atoms with Gasteiger partial charge >= 0.3 is 0 Å². The summed E-state index contributed by atoms with van der Waals surface area (Å²) in [6.45, 7) is 1.03. The van der Waals surface area contributed by atoms with Crippen LogP contribution in [0.5, 0.6) is 0 Å². The largest absolute Gasteiger partial charge is 0.396 e. The standard InChI is InChI=1S/C16H24O9/c1-14-3-8(19)7-2-16(14,15(7,5-18)6-23-14)25-13-12(22)11(21)10(20)9(4-17)24-13/h7,9-13,17-18,20-22H,2-6H2,1H3. The van der Waals surface area contributed by atoms with Crippen molar-refractivity contribution in [3.63, 3.8) is 0 Å². The van der Waals surface area contributed by atoms with Gasteiger partial charge in [-0.05, 0) is 13.3 Å². The van der Waals surface area contributed by atoms with Crippen LogP contribution in [0.4, 0.5) is 0 Å². The van der Waals surface area contributed by atoms with Gasteiger partial charge in [0, 0.05) is 12.3 Å². The average Bonchev–Trinajstić information content (AvgIpc) is 2.67. The maximum Gasteiger partial charge on any atom is 0.187 e. The summed E-state index contributed by atoms with van der Waals surface area (Å²) in [6, 6.07) is 0. The van der Waals surface area contributed by atoms with E-state index >= 15 is 0 Å². The van der Waals surface area contributed by atoms with E-state index < -0.39 is 53.9 Å². The summed E-state index contributed by atoms with van der Waals surface area (Å²) in [5.74, 6) is -0.355. The smallest absolute Gasteiger partial charge is 0.187 e. The molecule has 9 heteroatoms. The number of aliphatic hydroxyl groups excluding tert-OH is 5. The normalized spacial score (nSPS) is 57.4. The molecule has 9 atom stereocenters. The van der Waals surface area contributed by atoms with Crippen LogP contribution in [0.25, 0.3) is 0 Å². The van der Waals surface area contributed by atoms with E-state index in [4.69, 9.17) is 14.2 Å². The van der Waals surface area contributed by atoms with Gasteiger partial charge in [-0.15, -0.1) is 0 Å². The van der Waals surface area contributed by atoms with Crippen LogP contribution in [0, 0.1) is 11.3 Å². The van der Waals surface area contributed by atoms with Crippen LogP contribution in [-0.2, 0) is 19.0 Å². The summed E-state index contributed by atoms with van der Waals surface area (Å²) >= 11 is 0. The number of aliphatic hydroxyl groups is 5. The quantitative estimate of drug-likeness (QED) is 0.361. The second kappa shape index (κ2) is 5.43. The van der Waals surface area contributed by atoms with Crippen molar-refractivity contribution in [1.29, 1.82) is 0 Å². The van der Waals surface area contributed by atoms with Crippen molar-refractivity contribution in [2.24, 2.45) is 11.3 Å². The van der Waals surface area contributed by atoms with Gasteiger partial charge in [-0.1, -0.05) is 0 Å². The Bertz CT molecular complexity index is 582. The molecule has 2 saturated heterocycles. The summed E-state index contributed by atoms with van der Waals surface area (Å²) in [7, 11) is 0. The lowest BCUT2D eigenvalue weighted by atomic mass is 9.41. The van der Waals surface area contributed by atoms with Gasteiger partial charge in [0.1, 0.15) is 41.4 Å². The van der Waals surface area contributed by atoms with Crippen molar-refractivity contribution < 1.29 is 44.5 Å². The molecule has 142 valence electrons. The molecule has 2 aliphatic heterocycles. The molecule has 5 fully saturated rings. The van der Waals surface area contributed by atoms with Crippen LogP contribution < -0.4 is 0 Å². The Morgan fingerprint density at radius 1 is 1.20 bits per heavy atom. The molecular formula is C16H24O9. The molecule has 9 nitrogen and oxygen atoms in total. The summed E-state index contributed by atoms with van der Waals surface area (Å²) in [5, 5.41) is 49.4. The van der Waals surface area contributed by atoms with Crippen LogP contribution in [0.3, 0.4) is 0 Å². The number of rotatable bonds is 4. The number of hydrogen-bond donors (Lipinski definition) is 5. The van der Waals surface area contributed by atoms with E-state index in [1.54, 1.807) is 6.92 Å². The van der Waals surface area contributed by atoms with E-state index in [0.29, 0.717) is 6.42 Å². The Morgan fingerprint density at radius 2 is 1.92 bits per heavy atom. The molecular weight excluding hydrogens is 336 g/mol. The van der Waals surface area contributed by atoms with Crippen molar-refractivity contribution in [3.8, 4) is 0 Å². The number of carbonyl (C=O) groups excluding carboxylic acids is 1. The van der Waals surface area contributed by atoms with Crippen LogP contribution in [-0.4, -0.2) is 93.0 Å². The Kier molecular flexibility index (Phi) is 3.85. The minimum Gasteiger partial charge on any atom is -0.396 e. The molecule has 0 amide bonds. The van der Waals surface area contributed by atoms with Gasteiger partial charge in [0.15, 0.2) is 6.29 Å². The molecule has 5 N–H and O–H groups in total. The minimum absolute atomic E-state index is 0.0216. The molecule has 0 aromatic rings. The van der Waals surface area contributed by atoms with E-state index in [-0.39, 0.29) is 31.3 Å². The number of hydrogen-bond acceptors (Lipinski definition) is 9. The summed E-state index contributed by atoms with van der Waals surface area (Å²) in [5.41, 5.74) is -2.92. The van der Waals surface area contributed by atoms with Crippen LogP contribution >= 0.6 is 0 Å². The molecule has 3 saturated carbocycles. The van der Waals surface area contributed by atoms with Crippen LogP contribution in [0.2, 0.25) is 0 Å². The predicted octanol–water partition coefficient (Wildman–Crippen LogP) is -2.70. The number of Topliss-reactive ketones (excluding diaryl/α,β-unsaturated/α-hetero) is 1. The van der Waals surface area contributed by atoms with Gasteiger partial charge in [0.05, 0.1) is 25.2 Å². The van der Waals surface area contributed by atoms with E-state index in [1.165, 1.54) is 0 Å². The van der Waals surface area contributed by atoms with Crippen molar-refractivity contribution in [2.45, 2.75) is 61.7 Å². The highest BCUT2D eigenvalue weighted by Crippen LogP contribution is 2.71. The van der Waals surface area contributed by atoms with Crippen molar-refractivity contribution in [3.05, 3.63) is 0 Å². The van der Waals surface area contributed by atoms with Gasteiger partial charge in [-0.25, -0.2) is 0 Å². The molecule has 25 heavy (non-hydrogen) atoms. The first kappa shape index (κ1) is 17.7. The second-order valence-electron chi connectivity index (χ2n) is 7.88. The Morgan fingerprint density at radius 3 is 2.56 bits per heavy atom. The van der Waals surface area contributed by atoms with Crippen molar-refractivity contribution in [2.75, 3.05) is 19.8 Å². The summed E-state index contributed by atoms with van der Waals surface area (Å²) in [6.07, 6.45) is -6.51. The Labute approximate surface area is 144 Å². The highest BCUT2D eigenvalue weighted by atomic mass is 16.7. The fourth-order valence-corrected chi connectivity index (χ4v) is 5.21. The lowest BCUT2D eigenvalue weighted by Crippen LogP contribution is -2.79. The Hall–Kier alpha value is -0.650. The van der Waals surface area contributed by atoms with Crippen molar-refractivity contribution in [1.82, 2.24) is 0 Å². The van der Waals surface area contributed by atoms with Gasteiger partial charge < -0.3 is 39.7 Å². The zero-order valence-corrected chi connectivity index (χ0v) is 13.9. The zero-order chi connectivity index (χ0) is 18.2. The van der Waals surface area contributed by atoms with Gasteiger partial charge in [0.2, 0.25) is 0 Å². The monoisotopic (exact) mass is 360 g/mol. The molecule has 4 bridgehead atoms. The first-order valence-corrected chi connectivity index (χ1v) is 8.51. The summed E-state index contributed by atoms with van der Waals surface area (Å²) in [4.78, 5) is 12.3. The third-order valence-electron chi connectivity index (χ3n) is 6.81. The molecule has 5 aliphatic rings. The van der Waals surface area contributed by atoms with E-state index in [9.17, 15) is 30.3 Å². The highest BCUT2D eigenvalue weighted by Gasteiger charge is 2.83. The number of carbonyl (C=O) groups is 1. The minimum atomic E-state index is -1.55. The fourth-order valence-electron chi connectivity index (χ4n) is 5.21. The van der Waals surface area contributed by atoms with E-state index in [0.717, 1.165) is 0 Å². The van der Waals surface area contributed by atoms with Gasteiger partial charge in [-0.3, -0.25) is 4.79 Å². The SMILES string of the molecule is CC12CC(=O)C3CC1(OC1OC(CO)C(O)C(O)C1O)C3(CO)CO2. The zero-order valence-electron chi connectivity index (χ0n) is 13.9. The second-order valence-corrected chi connectivity index (χ2v) is 7.88. The molecule has 0 aromatic carbocycles. The fraction of sp³-hybridized carbons (Fsp3) is 0.938. The molecule has 0 spiro atoms. The maximum atomic E-state index is 12.3. The first-order valence-electron chi connectivity index (χ1n) is 8.51. The van der Waals surface area contributed by atoms with Gasteiger partial charge in [0.25, 0.3) is 0 Å². The topological polar surface area (TPSA) is 146 Å². The number of fused-ring (bicyclic) bond motifs is 1. The lowest BCUT2D eigenvalue weighted by Gasteiger charge is -2.66. The predicted molar refractivity (Wildman–Crippen MR) is 79.2 cm³/mol. The van der Waals surface area contributed by atoms with Crippen LogP contribution in [0.1, 0.15) is 19.8 Å². The molecule has 2 heterocycles.